The molecule has 0 radical (unpaired) electrons. The van der Waals surface area contributed by atoms with Crippen LogP contribution in [0.4, 0.5) is 5.69 Å². The fourth-order valence-corrected chi connectivity index (χ4v) is 2.43. The summed E-state index contributed by atoms with van der Waals surface area (Å²) in [6.45, 7) is 6.26. The molecule has 0 bridgehead atoms. The van der Waals surface area contributed by atoms with E-state index in [-0.39, 0.29) is 0 Å². The normalized spacial score (nSPS) is 11.1. The molecule has 0 unspecified atom stereocenters. The first-order chi connectivity index (χ1) is 9.47. The molecule has 2 aromatic carbocycles. The Bertz CT molecular complexity index is 641. The molecule has 2 aromatic rings. The number of hydrogen-bond acceptors (Lipinski definition) is 2. The van der Waals surface area contributed by atoms with Crippen molar-refractivity contribution in [3.8, 4) is 0 Å². The maximum Gasteiger partial charge on any atom is 0.0613 e. The van der Waals surface area contributed by atoms with E-state index in [1.165, 1.54) is 16.7 Å². The number of aryl methyl sites for hydroxylation is 3. The van der Waals surface area contributed by atoms with E-state index in [9.17, 15) is 0 Å². The molecule has 0 saturated heterocycles. The molecule has 0 aliphatic carbocycles. The van der Waals surface area contributed by atoms with Crippen LogP contribution in [0.1, 0.15) is 22.3 Å². The summed E-state index contributed by atoms with van der Waals surface area (Å²) < 4.78 is 0. The highest BCUT2D eigenvalue weighted by Crippen LogP contribution is 2.25. The van der Waals surface area contributed by atoms with Gasteiger partial charge in [-0.25, -0.2) is 0 Å². The molecule has 0 saturated carbocycles. The van der Waals surface area contributed by atoms with E-state index < -0.39 is 0 Å². The predicted molar refractivity (Wildman–Crippen MR) is 88.3 cm³/mol. The summed E-state index contributed by atoms with van der Waals surface area (Å²) in [6.07, 6.45) is 1.83. The summed E-state index contributed by atoms with van der Waals surface area (Å²) in [5.74, 6) is 0. The Balaban J connectivity index is 2.16. The Morgan fingerprint density at radius 1 is 0.950 bits per heavy atom. The van der Waals surface area contributed by atoms with Crippen molar-refractivity contribution in [3.63, 3.8) is 0 Å². The zero-order chi connectivity index (χ0) is 14.7. The summed E-state index contributed by atoms with van der Waals surface area (Å²) >= 11 is 11.8. The summed E-state index contributed by atoms with van der Waals surface area (Å²) in [5, 5.41) is 5.30. The smallest absolute Gasteiger partial charge is 0.0613 e. The van der Waals surface area contributed by atoms with Gasteiger partial charge in [0.05, 0.1) is 21.9 Å². The predicted octanol–water partition coefficient (Wildman–Crippen LogP) is 5.36. The van der Waals surface area contributed by atoms with Gasteiger partial charge >= 0.3 is 0 Å². The standard InChI is InChI=1S/C16H16Cl2N2/c1-10-6-11(2)14(12(3)7-10)9-19-20-13-4-5-15(17)16(18)8-13/h4-9,20H,1-3H3/b19-9-. The van der Waals surface area contributed by atoms with Crippen LogP contribution in [0.2, 0.25) is 10.0 Å². The van der Waals surface area contributed by atoms with Crippen LogP contribution in [-0.4, -0.2) is 6.21 Å². The first kappa shape index (κ1) is 14.9. The van der Waals surface area contributed by atoms with Gasteiger partial charge in [-0.3, -0.25) is 5.43 Å². The van der Waals surface area contributed by atoms with Crippen molar-refractivity contribution in [2.24, 2.45) is 5.10 Å². The molecular formula is C16H16Cl2N2. The minimum atomic E-state index is 0.509. The van der Waals surface area contributed by atoms with Crippen molar-refractivity contribution in [2.45, 2.75) is 20.8 Å². The summed E-state index contributed by atoms with van der Waals surface area (Å²) in [4.78, 5) is 0. The van der Waals surface area contributed by atoms with Crippen molar-refractivity contribution < 1.29 is 0 Å². The van der Waals surface area contributed by atoms with Crippen LogP contribution in [0, 0.1) is 20.8 Å². The van der Waals surface area contributed by atoms with Crippen LogP contribution in [0.5, 0.6) is 0 Å². The number of rotatable bonds is 3. The van der Waals surface area contributed by atoms with Gasteiger partial charge in [-0.2, -0.15) is 5.10 Å². The number of hydrazone groups is 1. The van der Waals surface area contributed by atoms with E-state index >= 15 is 0 Å². The van der Waals surface area contributed by atoms with Gasteiger partial charge in [-0.1, -0.05) is 40.9 Å². The number of benzene rings is 2. The molecule has 4 heteroatoms. The maximum atomic E-state index is 5.95. The van der Waals surface area contributed by atoms with Crippen molar-refractivity contribution in [1.82, 2.24) is 0 Å². The number of hydrogen-bond donors (Lipinski definition) is 1. The van der Waals surface area contributed by atoms with Crippen molar-refractivity contribution >= 4 is 35.1 Å². The average molecular weight is 307 g/mol. The maximum absolute atomic E-state index is 5.95. The molecule has 0 aliphatic heterocycles. The van der Waals surface area contributed by atoms with Gasteiger partial charge in [0.15, 0.2) is 0 Å². The van der Waals surface area contributed by atoms with E-state index in [2.05, 4.69) is 43.4 Å². The Labute approximate surface area is 129 Å². The molecule has 0 aromatic heterocycles. The second-order valence-electron chi connectivity index (χ2n) is 4.81. The third-order valence-corrected chi connectivity index (χ3v) is 3.78. The zero-order valence-corrected chi connectivity index (χ0v) is 13.2. The van der Waals surface area contributed by atoms with Gasteiger partial charge in [-0.05, 0) is 50.1 Å². The Hall–Kier alpha value is -1.51. The largest absolute Gasteiger partial charge is 0.278 e. The van der Waals surface area contributed by atoms with E-state index in [4.69, 9.17) is 23.2 Å². The molecule has 0 fully saturated rings. The van der Waals surface area contributed by atoms with Crippen LogP contribution >= 0.6 is 23.2 Å². The van der Waals surface area contributed by atoms with Crippen LogP contribution in [0.25, 0.3) is 0 Å². The Morgan fingerprint density at radius 3 is 2.20 bits per heavy atom. The number of nitrogens with zero attached hydrogens (tertiary/aromatic N) is 1. The molecule has 20 heavy (non-hydrogen) atoms. The van der Waals surface area contributed by atoms with Crippen LogP contribution < -0.4 is 5.43 Å². The highest BCUT2D eigenvalue weighted by atomic mass is 35.5. The van der Waals surface area contributed by atoms with E-state index in [0.717, 1.165) is 11.3 Å². The molecule has 104 valence electrons. The lowest BCUT2D eigenvalue weighted by atomic mass is 10.0. The van der Waals surface area contributed by atoms with Crippen LogP contribution in [-0.2, 0) is 0 Å². The van der Waals surface area contributed by atoms with Gasteiger partial charge < -0.3 is 0 Å². The summed E-state index contributed by atoms with van der Waals surface area (Å²) in [6, 6.07) is 9.61. The van der Waals surface area contributed by atoms with Crippen LogP contribution in [0.3, 0.4) is 0 Å². The van der Waals surface area contributed by atoms with E-state index in [0.29, 0.717) is 10.0 Å². The van der Waals surface area contributed by atoms with E-state index in [1.54, 1.807) is 12.1 Å². The zero-order valence-electron chi connectivity index (χ0n) is 11.7. The molecule has 0 spiro atoms. The molecule has 2 rings (SSSR count). The average Bonchev–Trinajstić information content (AvgIpc) is 2.36. The molecule has 1 N–H and O–H groups in total. The van der Waals surface area contributed by atoms with Crippen LogP contribution in [0.15, 0.2) is 35.4 Å². The Kier molecular flexibility index (Phi) is 4.69. The number of nitrogens with one attached hydrogen (secondary N) is 1. The van der Waals surface area contributed by atoms with E-state index in [1.807, 2.05) is 12.3 Å². The SMILES string of the molecule is Cc1cc(C)c(/C=N\Nc2ccc(Cl)c(Cl)c2)c(C)c1. The third kappa shape index (κ3) is 3.53. The summed E-state index contributed by atoms with van der Waals surface area (Å²) in [5.41, 5.74) is 8.57. The fraction of sp³-hybridized carbons (Fsp3) is 0.188. The highest BCUT2D eigenvalue weighted by molar-refractivity contribution is 6.42. The second kappa shape index (κ2) is 6.29. The van der Waals surface area contributed by atoms with Crippen molar-refractivity contribution in [3.05, 3.63) is 62.6 Å². The molecule has 0 atom stereocenters. The molecular weight excluding hydrogens is 291 g/mol. The van der Waals surface area contributed by atoms with Crippen molar-refractivity contribution in [2.75, 3.05) is 5.43 Å². The highest BCUT2D eigenvalue weighted by Gasteiger charge is 2.01. The van der Waals surface area contributed by atoms with Gasteiger partial charge in [0, 0.05) is 5.56 Å². The second-order valence-corrected chi connectivity index (χ2v) is 5.63. The van der Waals surface area contributed by atoms with Gasteiger partial charge in [0.25, 0.3) is 0 Å². The lowest BCUT2D eigenvalue weighted by molar-refractivity contribution is 1.29. The summed E-state index contributed by atoms with van der Waals surface area (Å²) in [7, 11) is 0. The lowest BCUT2D eigenvalue weighted by Gasteiger charge is -2.07. The topological polar surface area (TPSA) is 24.4 Å². The van der Waals surface area contributed by atoms with Gasteiger partial charge in [-0.15, -0.1) is 0 Å². The molecule has 0 amide bonds. The van der Waals surface area contributed by atoms with Gasteiger partial charge in [0.2, 0.25) is 0 Å². The van der Waals surface area contributed by atoms with Crippen molar-refractivity contribution in [1.29, 1.82) is 0 Å². The third-order valence-electron chi connectivity index (χ3n) is 3.04. The molecule has 0 aliphatic rings. The first-order valence-electron chi connectivity index (χ1n) is 6.29. The fourth-order valence-electron chi connectivity index (χ4n) is 2.13. The minimum absolute atomic E-state index is 0.509. The first-order valence-corrected chi connectivity index (χ1v) is 7.05. The lowest BCUT2D eigenvalue weighted by Crippen LogP contribution is -1.96. The molecule has 2 nitrogen and oxygen atoms in total. The van der Waals surface area contributed by atoms with Gasteiger partial charge in [0.1, 0.15) is 0 Å². The molecule has 0 heterocycles. The number of anilines is 1. The minimum Gasteiger partial charge on any atom is -0.278 e. The quantitative estimate of drug-likeness (QED) is 0.598. The Morgan fingerprint density at radius 2 is 1.60 bits per heavy atom. The number of halogens is 2. The monoisotopic (exact) mass is 306 g/mol.